The van der Waals surface area contributed by atoms with E-state index < -0.39 is 23.5 Å². The molecule has 0 aliphatic carbocycles. The first-order valence-electron chi connectivity index (χ1n) is 7.13. The first-order chi connectivity index (χ1) is 10.1. The number of carbonyl (C=O) groups excluding carboxylic acids is 1. The monoisotopic (exact) mass is 311 g/mol. The fourth-order valence-electron chi connectivity index (χ4n) is 2.33. The van der Waals surface area contributed by atoms with Crippen LogP contribution in [0.4, 0.5) is 9.18 Å². The van der Waals surface area contributed by atoms with Gasteiger partial charge in [-0.3, -0.25) is 0 Å². The van der Waals surface area contributed by atoms with Crippen molar-refractivity contribution in [2.24, 2.45) is 0 Å². The highest BCUT2D eigenvalue weighted by atomic mass is 19.1. The van der Waals surface area contributed by atoms with Crippen LogP contribution >= 0.6 is 0 Å². The van der Waals surface area contributed by atoms with Crippen molar-refractivity contribution in [2.75, 3.05) is 20.2 Å². The van der Waals surface area contributed by atoms with Gasteiger partial charge in [-0.1, -0.05) is 12.1 Å². The van der Waals surface area contributed by atoms with Gasteiger partial charge in [-0.2, -0.15) is 0 Å². The number of methoxy groups -OCH3 is 1. The number of ether oxygens (including phenoxy) is 2. The maximum Gasteiger partial charge on any atom is 0.410 e. The lowest BCUT2D eigenvalue weighted by Crippen LogP contribution is -2.64. The largest absolute Gasteiger partial charge is 0.497 e. The second-order valence-corrected chi connectivity index (χ2v) is 6.55. The molecule has 0 aromatic heterocycles. The third kappa shape index (κ3) is 3.50. The maximum atomic E-state index is 14.7. The van der Waals surface area contributed by atoms with Crippen LogP contribution in [0.3, 0.4) is 0 Å². The van der Waals surface area contributed by atoms with E-state index >= 15 is 0 Å². The molecule has 6 heteroatoms. The molecule has 22 heavy (non-hydrogen) atoms. The lowest BCUT2D eigenvalue weighted by Gasteiger charge is -2.46. The van der Waals surface area contributed by atoms with E-state index in [9.17, 15) is 14.3 Å². The third-order valence-corrected chi connectivity index (χ3v) is 3.46. The van der Waals surface area contributed by atoms with Crippen molar-refractivity contribution >= 4 is 6.09 Å². The van der Waals surface area contributed by atoms with Gasteiger partial charge in [-0.15, -0.1) is 0 Å². The van der Waals surface area contributed by atoms with Crippen molar-refractivity contribution in [3.63, 3.8) is 0 Å². The Kier molecular flexibility index (Phi) is 4.33. The summed E-state index contributed by atoms with van der Waals surface area (Å²) in [4.78, 5) is 13.1. The molecule has 1 aliphatic rings. The van der Waals surface area contributed by atoms with Crippen molar-refractivity contribution in [1.29, 1.82) is 0 Å². The summed E-state index contributed by atoms with van der Waals surface area (Å²) >= 11 is 0. The van der Waals surface area contributed by atoms with E-state index in [1.165, 1.54) is 12.0 Å². The molecule has 1 unspecified atom stereocenters. The van der Waals surface area contributed by atoms with Gasteiger partial charge in [0.25, 0.3) is 0 Å². The molecule has 0 spiro atoms. The minimum absolute atomic E-state index is 0.194. The van der Waals surface area contributed by atoms with Crippen LogP contribution in [0.25, 0.3) is 0 Å². The number of alkyl halides is 1. The number of halogens is 1. The van der Waals surface area contributed by atoms with E-state index in [-0.39, 0.29) is 13.1 Å². The second kappa shape index (κ2) is 5.76. The van der Waals surface area contributed by atoms with Gasteiger partial charge >= 0.3 is 6.09 Å². The topological polar surface area (TPSA) is 59.0 Å². The van der Waals surface area contributed by atoms with Crippen LogP contribution in [0.1, 0.15) is 32.4 Å². The summed E-state index contributed by atoms with van der Waals surface area (Å²) < 4.78 is 25.0. The second-order valence-electron chi connectivity index (χ2n) is 6.55. The minimum Gasteiger partial charge on any atom is -0.497 e. The average Bonchev–Trinajstić information content (AvgIpc) is 2.41. The normalized spacial score (nSPS) is 18.4. The van der Waals surface area contributed by atoms with Crippen molar-refractivity contribution in [3.8, 4) is 5.75 Å². The highest BCUT2D eigenvalue weighted by Gasteiger charge is 2.52. The van der Waals surface area contributed by atoms with Gasteiger partial charge in [0, 0.05) is 0 Å². The predicted molar refractivity (Wildman–Crippen MR) is 79.6 cm³/mol. The van der Waals surface area contributed by atoms with Crippen LogP contribution in [0, 0.1) is 0 Å². The van der Waals surface area contributed by atoms with Crippen molar-refractivity contribution in [2.45, 2.75) is 38.1 Å². The molecular weight excluding hydrogens is 289 g/mol. The molecule has 0 saturated carbocycles. The first kappa shape index (κ1) is 16.5. The van der Waals surface area contributed by atoms with Crippen LogP contribution in [0.15, 0.2) is 24.3 Å². The van der Waals surface area contributed by atoms with Crippen molar-refractivity contribution < 1.29 is 23.8 Å². The molecule has 1 aliphatic heterocycles. The molecule has 1 heterocycles. The first-order valence-corrected chi connectivity index (χ1v) is 7.13. The molecule has 0 radical (unpaired) electrons. The molecule has 5 nitrogen and oxygen atoms in total. The van der Waals surface area contributed by atoms with Gasteiger partial charge in [-0.25, -0.2) is 9.18 Å². The quantitative estimate of drug-likeness (QED) is 0.932. The number of nitrogens with zero attached hydrogens (tertiary/aromatic N) is 1. The Bertz CT molecular complexity index is 549. The Balaban J connectivity index is 2.00. The number of hydrogen-bond donors (Lipinski definition) is 1. The molecule has 1 fully saturated rings. The summed E-state index contributed by atoms with van der Waals surface area (Å²) in [5.74, 6) is 0.545. The number of rotatable bonds is 3. The van der Waals surface area contributed by atoms with E-state index in [1.807, 2.05) is 0 Å². The van der Waals surface area contributed by atoms with E-state index in [4.69, 9.17) is 9.47 Å². The third-order valence-electron chi connectivity index (χ3n) is 3.46. The lowest BCUT2D eigenvalue weighted by molar-refractivity contribution is -0.113. The van der Waals surface area contributed by atoms with Gasteiger partial charge in [0.15, 0.2) is 5.67 Å². The number of aliphatic hydroxyl groups is 1. The molecule has 122 valence electrons. The summed E-state index contributed by atoms with van der Waals surface area (Å²) in [6.45, 7) is 4.86. The standard InChI is InChI=1S/C16H22FNO4/c1-15(2,3)22-14(20)18-9-16(17,10-18)13(19)11-6-5-7-12(8-11)21-4/h5-8,13,19H,9-10H2,1-4H3. The molecular formula is C16H22FNO4. The summed E-state index contributed by atoms with van der Waals surface area (Å²) in [5, 5.41) is 10.2. The van der Waals surface area contributed by atoms with Gasteiger partial charge in [-0.05, 0) is 38.5 Å². The Labute approximate surface area is 129 Å². The van der Waals surface area contributed by atoms with E-state index in [0.717, 1.165) is 0 Å². The highest BCUT2D eigenvalue weighted by molar-refractivity contribution is 5.69. The number of aliphatic hydroxyl groups excluding tert-OH is 1. The van der Waals surface area contributed by atoms with Gasteiger partial charge in [0.1, 0.15) is 17.5 Å². The number of amides is 1. The molecule has 1 aromatic rings. The Morgan fingerprint density at radius 3 is 2.59 bits per heavy atom. The number of hydrogen-bond acceptors (Lipinski definition) is 4. The molecule has 1 atom stereocenters. The molecule has 1 saturated heterocycles. The summed E-state index contributed by atoms with van der Waals surface area (Å²) in [6.07, 6.45) is -1.89. The summed E-state index contributed by atoms with van der Waals surface area (Å²) in [5.41, 5.74) is -2.08. The number of benzene rings is 1. The Morgan fingerprint density at radius 2 is 2.05 bits per heavy atom. The average molecular weight is 311 g/mol. The molecule has 1 amide bonds. The SMILES string of the molecule is COc1cccc(C(O)C2(F)CN(C(=O)OC(C)(C)C)C2)c1. The van der Waals surface area contributed by atoms with Gasteiger partial charge in [0.2, 0.25) is 0 Å². The number of likely N-dealkylation sites (tertiary alicyclic amines) is 1. The number of carbonyl (C=O) groups is 1. The van der Waals surface area contributed by atoms with E-state index in [2.05, 4.69) is 0 Å². The molecule has 2 rings (SSSR count). The lowest BCUT2D eigenvalue weighted by atomic mass is 9.86. The molecule has 0 bridgehead atoms. The van der Waals surface area contributed by atoms with Gasteiger partial charge < -0.3 is 19.5 Å². The Morgan fingerprint density at radius 1 is 1.41 bits per heavy atom. The van der Waals surface area contributed by atoms with Crippen molar-refractivity contribution in [3.05, 3.63) is 29.8 Å². The zero-order chi connectivity index (χ0) is 16.5. The zero-order valence-electron chi connectivity index (χ0n) is 13.3. The fourth-order valence-corrected chi connectivity index (χ4v) is 2.33. The molecule has 1 aromatic carbocycles. The summed E-state index contributed by atoms with van der Waals surface area (Å²) in [7, 11) is 1.50. The predicted octanol–water partition coefficient (Wildman–Crippen LogP) is 2.69. The minimum atomic E-state index is -1.87. The van der Waals surface area contributed by atoms with Crippen LogP contribution in [0.5, 0.6) is 5.75 Å². The summed E-state index contributed by atoms with van der Waals surface area (Å²) in [6, 6.07) is 6.62. The molecule has 1 N–H and O–H groups in total. The van der Waals surface area contributed by atoms with Crippen LogP contribution in [-0.4, -0.2) is 47.6 Å². The van der Waals surface area contributed by atoms with Crippen LogP contribution in [0.2, 0.25) is 0 Å². The highest BCUT2D eigenvalue weighted by Crippen LogP contribution is 2.39. The smallest absolute Gasteiger partial charge is 0.410 e. The van der Waals surface area contributed by atoms with Gasteiger partial charge in [0.05, 0.1) is 20.2 Å². The van der Waals surface area contributed by atoms with Crippen LogP contribution in [-0.2, 0) is 4.74 Å². The maximum absolute atomic E-state index is 14.7. The zero-order valence-corrected chi connectivity index (χ0v) is 13.3. The van der Waals surface area contributed by atoms with E-state index in [0.29, 0.717) is 11.3 Å². The Hall–Kier alpha value is -1.82. The van der Waals surface area contributed by atoms with E-state index in [1.54, 1.807) is 45.0 Å². The fraction of sp³-hybridized carbons (Fsp3) is 0.562. The van der Waals surface area contributed by atoms with Crippen molar-refractivity contribution in [1.82, 2.24) is 4.90 Å². The van der Waals surface area contributed by atoms with Crippen LogP contribution < -0.4 is 4.74 Å².